The van der Waals surface area contributed by atoms with Crippen molar-refractivity contribution in [3.63, 3.8) is 0 Å². The largest absolute Gasteiger partial charge is 0.342 e. The van der Waals surface area contributed by atoms with Crippen molar-refractivity contribution in [2.75, 3.05) is 5.32 Å². The number of nitrogens with zero attached hydrogens (tertiary/aromatic N) is 3. The fourth-order valence-corrected chi connectivity index (χ4v) is 2.72. The molecule has 3 aromatic rings. The number of carbonyl (C=O) groups excluding carboxylic acids is 1. The molecule has 0 spiro atoms. The minimum absolute atomic E-state index is 0.145. The lowest BCUT2D eigenvalue weighted by Crippen LogP contribution is -2.14. The van der Waals surface area contributed by atoms with E-state index in [0.29, 0.717) is 17.9 Å². The average molecular weight is 320 g/mol. The van der Waals surface area contributed by atoms with E-state index < -0.39 is 0 Å². The van der Waals surface area contributed by atoms with Gasteiger partial charge >= 0.3 is 0 Å². The summed E-state index contributed by atoms with van der Waals surface area (Å²) in [5, 5.41) is 2.87. The van der Waals surface area contributed by atoms with Crippen LogP contribution in [-0.2, 0) is 6.54 Å². The zero-order valence-corrected chi connectivity index (χ0v) is 14.1. The van der Waals surface area contributed by atoms with Crippen LogP contribution < -0.4 is 5.32 Å². The molecule has 0 aromatic carbocycles. The minimum Gasteiger partial charge on any atom is -0.342 e. The number of pyridine rings is 2. The van der Waals surface area contributed by atoms with E-state index in [9.17, 15) is 4.79 Å². The van der Waals surface area contributed by atoms with E-state index in [2.05, 4.69) is 19.9 Å². The smallest absolute Gasteiger partial charge is 0.258 e. The van der Waals surface area contributed by atoms with Crippen LogP contribution in [0.25, 0.3) is 0 Å². The van der Waals surface area contributed by atoms with Gasteiger partial charge in [0.25, 0.3) is 5.91 Å². The number of amides is 1. The summed E-state index contributed by atoms with van der Waals surface area (Å²) in [6, 6.07) is 13.3. The standard InChI is InChI=1S/C19H20N4O/c1-13-7-6-9-18(21-13)22-19(24)17-11-14(2)23(15(17)3)12-16-8-4-5-10-20-16/h4-11H,12H2,1-3H3,(H,21,22,24). The van der Waals surface area contributed by atoms with Gasteiger partial charge in [-0.2, -0.15) is 0 Å². The number of anilines is 1. The molecule has 0 unspecified atom stereocenters. The highest BCUT2D eigenvalue weighted by Crippen LogP contribution is 2.18. The molecule has 122 valence electrons. The molecule has 3 heterocycles. The zero-order valence-electron chi connectivity index (χ0n) is 14.1. The maximum Gasteiger partial charge on any atom is 0.258 e. The predicted octanol–water partition coefficient (Wildman–Crippen LogP) is 3.50. The fourth-order valence-electron chi connectivity index (χ4n) is 2.72. The van der Waals surface area contributed by atoms with E-state index in [0.717, 1.165) is 22.8 Å². The topological polar surface area (TPSA) is 59.8 Å². The Balaban J connectivity index is 1.84. The summed E-state index contributed by atoms with van der Waals surface area (Å²) in [6.45, 7) is 6.50. The van der Waals surface area contributed by atoms with Crippen LogP contribution in [-0.4, -0.2) is 20.4 Å². The number of carbonyl (C=O) groups is 1. The van der Waals surface area contributed by atoms with Gasteiger partial charge < -0.3 is 9.88 Å². The van der Waals surface area contributed by atoms with Crippen LogP contribution in [0.4, 0.5) is 5.82 Å². The Bertz CT molecular complexity index is 868. The van der Waals surface area contributed by atoms with Gasteiger partial charge in [0.15, 0.2) is 0 Å². The van der Waals surface area contributed by atoms with Crippen LogP contribution in [0.5, 0.6) is 0 Å². The van der Waals surface area contributed by atoms with Gasteiger partial charge in [-0.3, -0.25) is 9.78 Å². The van der Waals surface area contributed by atoms with Crippen LogP contribution in [0.1, 0.15) is 33.1 Å². The lowest BCUT2D eigenvalue weighted by atomic mass is 10.2. The van der Waals surface area contributed by atoms with Gasteiger partial charge in [0.2, 0.25) is 0 Å². The Labute approximate surface area is 141 Å². The molecule has 5 heteroatoms. The van der Waals surface area contributed by atoms with E-state index in [1.807, 2.05) is 57.2 Å². The number of aromatic nitrogens is 3. The monoisotopic (exact) mass is 320 g/mol. The Morgan fingerprint density at radius 2 is 1.96 bits per heavy atom. The summed E-state index contributed by atoms with van der Waals surface area (Å²) in [5.74, 6) is 0.419. The second-order valence-electron chi connectivity index (χ2n) is 5.81. The molecule has 3 rings (SSSR count). The lowest BCUT2D eigenvalue weighted by Gasteiger charge is -2.09. The Morgan fingerprint density at radius 3 is 2.67 bits per heavy atom. The van der Waals surface area contributed by atoms with E-state index in [-0.39, 0.29) is 5.91 Å². The van der Waals surface area contributed by atoms with Crippen molar-refractivity contribution < 1.29 is 4.79 Å². The van der Waals surface area contributed by atoms with E-state index in [1.165, 1.54) is 0 Å². The molecule has 5 nitrogen and oxygen atoms in total. The second-order valence-corrected chi connectivity index (χ2v) is 5.81. The summed E-state index contributed by atoms with van der Waals surface area (Å²) < 4.78 is 2.10. The molecule has 0 bridgehead atoms. The van der Waals surface area contributed by atoms with Gasteiger partial charge in [-0.25, -0.2) is 4.98 Å². The Kier molecular flexibility index (Phi) is 4.42. The Hall–Kier alpha value is -2.95. The number of aryl methyl sites for hydroxylation is 2. The molecular formula is C19H20N4O. The van der Waals surface area contributed by atoms with E-state index in [1.54, 1.807) is 12.3 Å². The molecule has 0 saturated heterocycles. The molecule has 0 atom stereocenters. The van der Waals surface area contributed by atoms with Gasteiger partial charge in [-0.15, -0.1) is 0 Å². The molecular weight excluding hydrogens is 300 g/mol. The van der Waals surface area contributed by atoms with Crippen molar-refractivity contribution in [1.29, 1.82) is 0 Å². The van der Waals surface area contributed by atoms with Gasteiger partial charge in [0, 0.05) is 23.3 Å². The zero-order chi connectivity index (χ0) is 17.1. The van der Waals surface area contributed by atoms with Gasteiger partial charge in [-0.05, 0) is 51.1 Å². The third-order valence-corrected chi connectivity index (χ3v) is 3.99. The predicted molar refractivity (Wildman–Crippen MR) is 94.2 cm³/mol. The third kappa shape index (κ3) is 3.35. The van der Waals surface area contributed by atoms with Crippen LogP contribution in [0, 0.1) is 20.8 Å². The molecule has 24 heavy (non-hydrogen) atoms. The van der Waals surface area contributed by atoms with Crippen molar-refractivity contribution >= 4 is 11.7 Å². The van der Waals surface area contributed by atoms with Crippen LogP contribution in [0.15, 0.2) is 48.7 Å². The fraction of sp³-hybridized carbons (Fsp3) is 0.211. The maximum absolute atomic E-state index is 12.6. The molecule has 0 saturated carbocycles. The number of nitrogens with one attached hydrogen (secondary N) is 1. The molecule has 3 aromatic heterocycles. The Morgan fingerprint density at radius 1 is 1.12 bits per heavy atom. The molecule has 0 aliphatic carbocycles. The maximum atomic E-state index is 12.6. The van der Waals surface area contributed by atoms with Crippen molar-refractivity contribution in [1.82, 2.24) is 14.5 Å². The first-order valence-corrected chi connectivity index (χ1v) is 7.86. The van der Waals surface area contributed by atoms with E-state index in [4.69, 9.17) is 0 Å². The first-order valence-electron chi connectivity index (χ1n) is 7.86. The number of rotatable bonds is 4. The molecule has 0 fully saturated rings. The number of hydrogen-bond acceptors (Lipinski definition) is 3. The minimum atomic E-state index is -0.145. The average Bonchev–Trinajstić information content (AvgIpc) is 2.84. The molecule has 1 N–H and O–H groups in total. The van der Waals surface area contributed by atoms with Crippen LogP contribution in [0.3, 0.4) is 0 Å². The molecule has 0 aliphatic rings. The van der Waals surface area contributed by atoms with Crippen molar-refractivity contribution in [2.24, 2.45) is 0 Å². The quantitative estimate of drug-likeness (QED) is 0.800. The summed E-state index contributed by atoms with van der Waals surface area (Å²) in [7, 11) is 0. The van der Waals surface area contributed by atoms with Gasteiger partial charge in [0.05, 0.1) is 17.8 Å². The molecule has 0 aliphatic heterocycles. The SMILES string of the molecule is Cc1cccc(NC(=O)c2cc(C)n(Cc3ccccn3)c2C)n1. The first-order chi connectivity index (χ1) is 11.5. The number of hydrogen-bond donors (Lipinski definition) is 1. The van der Waals surface area contributed by atoms with Gasteiger partial charge in [-0.1, -0.05) is 12.1 Å². The lowest BCUT2D eigenvalue weighted by molar-refractivity contribution is 0.102. The highest BCUT2D eigenvalue weighted by atomic mass is 16.1. The van der Waals surface area contributed by atoms with Crippen LogP contribution >= 0.6 is 0 Å². The van der Waals surface area contributed by atoms with Crippen molar-refractivity contribution in [2.45, 2.75) is 27.3 Å². The summed E-state index contributed by atoms with van der Waals surface area (Å²) >= 11 is 0. The van der Waals surface area contributed by atoms with Gasteiger partial charge in [0.1, 0.15) is 5.82 Å². The first kappa shape index (κ1) is 15.9. The summed E-state index contributed by atoms with van der Waals surface area (Å²) in [5.41, 5.74) is 4.44. The molecule has 1 amide bonds. The van der Waals surface area contributed by atoms with E-state index >= 15 is 0 Å². The van der Waals surface area contributed by atoms with Crippen molar-refractivity contribution in [3.8, 4) is 0 Å². The molecule has 0 radical (unpaired) electrons. The summed E-state index contributed by atoms with van der Waals surface area (Å²) in [6.07, 6.45) is 1.78. The third-order valence-electron chi connectivity index (χ3n) is 3.99. The second kappa shape index (κ2) is 6.66. The highest BCUT2D eigenvalue weighted by molar-refractivity contribution is 6.04. The summed E-state index contributed by atoms with van der Waals surface area (Å²) in [4.78, 5) is 21.3. The van der Waals surface area contributed by atoms with Crippen LogP contribution in [0.2, 0.25) is 0 Å². The normalized spacial score (nSPS) is 10.6. The highest BCUT2D eigenvalue weighted by Gasteiger charge is 2.16. The van der Waals surface area contributed by atoms with Crippen molar-refractivity contribution in [3.05, 3.63) is 77.0 Å².